The molecule has 1 saturated heterocycles. The van der Waals surface area contributed by atoms with Crippen molar-refractivity contribution in [1.29, 1.82) is 0 Å². The van der Waals surface area contributed by atoms with Crippen LogP contribution >= 0.6 is 15.9 Å². The molecule has 0 amide bonds. The zero-order chi connectivity index (χ0) is 19.6. The topological polar surface area (TPSA) is 71.2 Å². The molecule has 2 aromatic rings. The summed E-state index contributed by atoms with van der Waals surface area (Å²) in [5, 5.41) is 0.720. The van der Waals surface area contributed by atoms with Gasteiger partial charge in [-0.05, 0) is 35.0 Å². The van der Waals surface area contributed by atoms with Crippen molar-refractivity contribution in [1.82, 2.24) is 4.57 Å². The third-order valence-corrected chi connectivity index (χ3v) is 5.34. The van der Waals surface area contributed by atoms with Crippen LogP contribution in [0.2, 0.25) is 0 Å². The molecule has 0 spiro atoms. The highest BCUT2D eigenvalue weighted by molar-refractivity contribution is 9.10. The van der Waals surface area contributed by atoms with Gasteiger partial charge in [-0.25, -0.2) is 4.79 Å². The minimum absolute atomic E-state index is 0.298. The number of halogens is 1. The molecule has 0 bridgehead atoms. The van der Waals surface area contributed by atoms with Crippen LogP contribution in [0.3, 0.4) is 0 Å². The molecule has 1 aromatic heterocycles. The number of benzene rings is 1. The predicted octanol–water partition coefficient (Wildman–Crippen LogP) is 1.46. The lowest BCUT2D eigenvalue weighted by Gasteiger charge is -2.24. The van der Waals surface area contributed by atoms with E-state index in [4.69, 9.17) is 14.2 Å². The number of ether oxygens (including phenoxy) is 3. The van der Waals surface area contributed by atoms with Crippen molar-refractivity contribution in [2.45, 2.75) is 20.4 Å². The molecule has 7 nitrogen and oxygen atoms in total. The summed E-state index contributed by atoms with van der Waals surface area (Å²) in [6.07, 6.45) is 0. The largest absolute Gasteiger partial charge is 0.462 e. The molecule has 1 aliphatic rings. The lowest BCUT2D eigenvalue weighted by atomic mass is 10.1. The van der Waals surface area contributed by atoms with E-state index in [9.17, 15) is 9.59 Å². The van der Waals surface area contributed by atoms with E-state index >= 15 is 0 Å². The zero-order valence-corrected chi connectivity index (χ0v) is 17.3. The monoisotopic (exact) mass is 439 g/mol. The lowest BCUT2D eigenvalue weighted by Crippen LogP contribution is -3.12. The summed E-state index contributed by atoms with van der Waals surface area (Å²) in [4.78, 5) is 25.5. The number of carbonyl (C=O) groups excluding carboxylic acids is 2. The number of rotatable bonds is 5. The number of aromatic nitrogens is 1. The highest BCUT2D eigenvalue weighted by Crippen LogP contribution is 2.35. The van der Waals surface area contributed by atoms with Gasteiger partial charge in [-0.15, -0.1) is 0 Å². The minimum atomic E-state index is -0.415. The van der Waals surface area contributed by atoms with Crippen LogP contribution in [-0.2, 0) is 27.9 Å². The zero-order valence-electron chi connectivity index (χ0n) is 15.8. The van der Waals surface area contributed by atoms with E-state index < -0.39 is 5.97 Å². The molecule has 0 saturated carbocycles. The van der Waals surface area contributed by atoms with E-state index in [1.54, 1.807) is 13.0 Å². The van der Waals surface area contributed by atoms with E-state index in [0.29, 0.717) is 28.9 Å². The van der Waals surface area contributed by atoms with E-state index in [2.05, 4.69) is 15.9 Å². The molecule has 8 heteroatoms. The molecular formula is C19H24BrN2O5+. The number of morpholine rings is 1. The Labute approximate surface area is 166 Å². The van der Waals surface area contributed by atoms with Crippen molar-refractivity contribution in [3.63, 3.8) is 0 Å². The third-order valence-electron chi connectivity index (χ3n) is 4.72. The molecule has 0 atom stereocenters. The Morgan fingerprint density at radius 2 is 2.00 bits per heavy atom. The van der Waals surface area contributed by atoms with Gasteiger partial charge in [0.25, 0.3) is 0 Å². The number of carbonyl (C=O) groups is 2. The molecule has 0 radical (unpaired) electrons. The number of nitrogens with zero attached hydrogens (tertiary/aromatic N) is 1. The summed E-state index contributed by atoms with van der Waals surface area (Å²) in [7, 11) is 1.94. The maximum atomic E-state index is 12.8. The Morgan fingerprint density at radius 1 is 1.30 bits per heavy atom. The average molecular weight is 440 g/mol. The fourth-order valence-electron chi connectivity index (χ4n) is 3.43. The van der Waals surface area contributed by atoms with Crippen molar-refractivity contribution in [3.8, 4) is 5.75 Å². The van der Waals surface area contributed by atoms with Crippen molar-refractivity contribution >= 4 is 38.8 Å². The first kappa shape index (κ1) is 19.9. The summed E-state index contributed by atoms with van der Waals surface area (Å²) in [6.45, 7) is 7.36. The highest BCUT2D eigenvalue weighted by Gasteiger charge is 2.27. The molecule has 1 aliphatic heterocycles. The Bertz CT molecular complexity index is 871. The van der Waals surface area contributed by atoms with E-state index in [0.717, 1.165) is 42.9 Å². The first-order valence-electron chi connectivity index (χ1n) is 9.00. The van der Waals surface area contributed by atoms with Gasteiger partial charge in [-0.2, -0.15) is 0 Å². The molecule has 1 N–H and O–H groups in total. The number of esters is 2. The van der Waals surface area contributed by atoms with Gasteiger partial charge < -0.3 is 23.7 Å². The molecule has 0 aliphatic carbocycles. The molecule has 1 fully saturated rings. The molecule has 1 aromatic carbocycles. The molecule has 146 valence electrons. The van der Waals surface area contributed by atoms with E-state index in [1.165, 1.54) is 11.8 Å². The quantitative estimate of drug-likeness (QED) is 0.563. The second kappa shape index (κ2) is 8.41. The van der Waals surface area contributed by atoms with Crippen LogP contribution in [0.1, 0.15) is 29.9 Å². The van der Waals surface area contributed by atoms with E-state index in [-0.39, 0.29) is 5.97 Å². The average Bonchev–Trinajstić information content (AvgIpc) is 2.88. The second-order valence-electron chi connectivity index (χ2n) is 6.53. The van der Waals surface area contributed by atoms with Crippen molar-refractivity contribution in [3.05, 3.63) is 27.9 Å². The second-order valence-corrected chi connectivity index (χ2v) is 7.39. The Hall–Kier alpha value is -1.90. The van der Waals surface area contributed by atoms with Gasteiger partial charge in [0.1, 0.15) is 25.4 Å². The van der Waals surface area contributed by atoms with Gasteiger partial charge in [0.2, 0.25) is 0 Å². The summed E-state index contributed by atoms with van der Waals surface area (Å²) < 4.78 is 18.7. The maximum Gasteiger partial charge on any atom is 0.340 e. The number of hydrogen-bond acceptors (Lipinski definition) is 5. The fourth-order valence-corrected chi connectivity index (χ4v) is 3.85. The first-order valence-corrected chi connectivity index (χ1v) is 9.79. The normalized spacial score (nSPS) is 15.1. The Morgan fingerprint density at radius 3 is 2.63 bits per heavy atom. The van der Waals surface area contributed by atoms with E-state index in [1.807, 2.05) is 17.7 Å². The highest BCUT2D eigenvalue weighted by atomic mass is 79.9. The van der Waals surface area contributed by atoms with Gasteiger partial charge in [0, 0.05) is 19.4 Å². The molecule has 27 heavy (non-hydrogen) atoms. The summed E-state index contributed by atoms with van der Waals surface area (Å²) in [5.41, 5.74) is 2.32. The van der Waals surface area contributed by atoms with Crippen LogP contribution in [0.25, 0.3) is 10.9 Å². The maximum absolute atomic E-state index is 12.8. The van der Waals surface area contributed by atoms with Gasteiger partial charge >= 0.3 is 11.9 Å². The number of aryl methyl sites for hydroxylation is 1. The Kier molecular flexibility index (Phi) is 6.18. The van der Waals surface area contributed by atoms with Crippen LogP contribution in [0.15, 0.2) is 16.6 Å². The lowest BCUT2D eigenvalue weighted by molar-refractivity contribution is -0.921. The van der Waals surface area contributed by atoms with Gasteiger partial charge in [-0.1, -0.05) is 0 Å². The number of hydrogen-bond donors (Lipinski definition) is 1. The fraction of sp³-hybridized carbons (Fsp3) is 0.474. The van der Waals surface area contributed by atoms with Gasteiger partial charge in [-0.3, -0.25) is 4.79 Å². The van der Waals surface area contributed by atoms with Crippen molar-refractivity contribution in [2.24, 2.45) is 7.05 Å². The van der Waals surface area contributed by atoms with Crippen LogP contribution in [0, 0.1) is 0 Å². The predicted molar refractivity (Wildman–Crippen MR) is 103 cm³/mol. The summed E-state index contributed by atoms with van der Waals surface area (Å²) in [5.74, 6) is -0.389. The van der Waals surface area contributed by atoms with Crippen molar-refractivity contribution in [2.75, 3.05) is 32.9 Å². The number of nitrogens with one attached hydrogen (secondary N) is 1. The van der Waals surface area contributed by atoms with Crippen LogP contribution < -0.4 is 9.64 Å². The Balaban J connectivity index is 2.13. The van der Waals surface area contributed by atoms with Gasteiger partial charge in [0.15, 0.2) is 0 Å². The van der Waals surface area contributed by atoms with Crippen LogP contribution in [-0.4, -0.2) is 49.4 Å². The SMILES string of the molecule is CCOC(=O)c1c(C[NH+]2CCOCC2)n(C)c2cc(Br)c(OC(C)=O)cc12. The van der Waals surface area contributed by atoms with Crippen LogP contribution in [0.4, 0.5) is 0 Å². The van der Waals surface area contributed by atoms with Crippen LogP contribution in [0.5, 0.6) is 5.75 Å². The minimum Gasteiger partial charge on any atom is -0.462 e. The number of fused-ring (bicyclic) bond motifs is 1. The number of quaternary nitrogens is 1. The standard InChI is InChI=1S/C19H23BrN2O5/c1-4-26-19(24)18-13-9-17(27-12(2)23)14(20)10-15(13)21(3)16(18)11-22-5-7-25-8-6-22/h9-10H,4-8,11H2,1-3H3/p+1. The molecular weight excluding hydrogens is 416 g/mol. The third kappa shape index (κ3) is 4.17. The summed E-state index contributed by atoms with van der Waals surface area (Å²) >= 11 is 3.45. The first-order chi connectivity index (χ1) is 12.9. The van der Waals surface area contributed by atoms with Crippen molar-refractivity contribution < 1.29 is 28.7 Å². The molecule has 2 heterocycles. The molecule has 0 unspecified atom stereocenters. The summed E-state index contributed by atoms with van der Waals surface area (Å²) in [6, 6.07) is 3.60. The smallest absolute Gasteiger partial charge is 0.340 e. The molecule has 3 rings (SSSR count). The van der Waals surface area contributed by atoms with Gasteiger partial charge in [0.05, 0.1) is 41.1 Å².